The van der Waals surface area contributed by atoms with Gasteiger partial charge in [-0.1, -0.05) is 48.5 Å². The first kappa shape index (κ1) is 25.5. The number of amides is 2. The second-order valence-electron chi connectivity index (χ2n) is 8.10. The Balaban J connectivity index is 1.63. The van der Waals surface area contributed by atoms with Gasteiger partial charge in [-0.15, -0.1) is 0 Å². The molecule has 2 atom stereocenters. The van der Waals surface area contributed by atoms with Crippen molar-refractivity contribution in [3.05, 3.63) is 96.3 Å². The molecule has 10 nitrogen and oxygen atoms in total. The van der Waals surface area contributed by atoms with Crippen molar-refractivity contribution in [3.8, 4) is 22.8 Å². The highest BCUT2D eigenvalue weighted by atomic mass is 16.6. The van der Waals surface area contributed by atoms with Gasteiger partial charge in [0.1, 0.15) is 5.75 Å². The zero-order chi connectivity index (χ0) is 26.2. The van der Waals surface area contributed by atoms with Gasteiger partial charge in [-0.25, -0.2) is 15.1 Å². The lowest BCUT2D eigenvalue weighted by Crippen LogP contribution is -2.51. The number of carbonyl (C=O) groups excluding carboxylic acids is 2. The second-order valence-corrected chi connectivity index (χ2v) is 8.10. The molecule has 37 heavy (non-hydrogen) atoms. The lowest BCUT2D eigenvalue weighted by molar-refractivity contribution is -0.141. The van der Waals surface area contributed by atoms with Crippen LogP contribution in [0, 0.1) is 0 Å². The summed E-state index contributed by atoms with van der Waals surface area (Å²) in [7, 11) is 2.78. The lowest BCUT2D eigenvalue weighted by atomic mass is 9.99. The minimum absolute atomic E-state index is 0.115. The highest BCUT2D eigenvalue weighted by Gasteiger charge is 2.30. The number of ether oxygens (including phenoxy) is 1. The maximum Gasteiger partial charge on any atom is 0.274 e. The number of pyridine rings is 1. The molecule has 0 saturated heterocycles. The van der Waals surface area contributed by atoms with Gasteiger partial charge in [0.05, 0.1) is 31.5 Å². The van der Waals surface area contributed by atoms with E-state index in [-0.39, 0.29) is 12.0 Å². The fourth-order valence-electron chi connectivity index (χ4n) is 3.90. The van der Waals surface area contributed by atoms with Gasteiger partial charge < -0.3 is 15.2 Å². The maximum absolute atomic E-state index is 13.5. The summed E-state index contributed by atoms with van der Waals surface area (Å²) in [5.74, 6) is -0.472. The molecule has 0 bridgehead atoms. The van der Waals surface area contributed by atoms with E-state index in [4.69, 9.17) is 4.74 Å². The summed E-state index contributed by atoms with van der Waals surface area (Å²) < 4.78 is 6.91. The molecule has 2 aromatic heterocycles. The fourth-order valence-corrected chi connectivity index (χ4v) is 3.90. The smallest absolute Gasteiger partial charge is 0.274 e. The third-order valence-corrected chi connectivity index (χ3v) is 5.71. The van der Waals surface area contributed by atoms with Crippen molar-refractivity contribution >= 4 is 11.8 Å². The number of carbonyl (C=O) groups is 2. The Kier molecular flexibility index (Phi) is 8.24. The minimum Gasteiger partial charge on any atom is -0.496 e. The second kappa shape index (κ2) is 11.9. The molecule has 0 aliphatic rings. The van der Waals surface area contributed by atoms with Crippen LogP contribution in [0.3, 0.4) is 0 Å². The summed E-state index contributed by atoms with van der Waals surface area (Å²) in [6, 6.07) is 20.8. The van der Waals surface area contributed by atoms with Crippen LogP contribution in [-0.2, 0) is 16.1 Å². The predicted molar refractivity (Wildman–Crippen MR) is 136 cm³/mol. The van der Waals surface area contributed by atoms with Gasteiger partial charge >= 0.3 is 0 Å². The van der Waals surface area contributed by atoms with Crippen molar-refractivity contribution in [1.29, 1.82) is 0 Å². The topological polar surface area (TPSA) is 128 Å². The molecule has 2 heterocycles. The number of rotatable bonds is 10. The van der Waals surface area contributed by atoms with E-state index in [0.29, 0.717) is 17.1 Å². The molecule has 2 unspecified atom stereocenters. The normalized spacial score (nSPS) is 12.4. The summed E-state index contributed by atoms with van der Waals surface area (Å²) in [6.07, 6.45) is 1.78. The molecule has 2 amide bonds. The van der Waals surface area contributed by atoms with Crippen molar-refractivity contribution in [1.82, 2.24) is 25.6 Å². The standard InChI is InChI=1S/C27H27N5O5/c1-36-23-13-7-6-11-19(23)17-22(24(33)27(35)31-37-2)29-26(34)20-12-8-15-28-25(20)32-16-14-21(30-32)18-9-4-3-5-10-18/h3-16,22,24,33H,17H2,1-2H3,(H,29,34)(H,31,35). The molecule has 0 aliphatic heterocycles. The Hall–Kier alpha value is -4.54. The van der Waals surface area contributed by atoms with Gasteiger partial charge in [0, 0.05) is 18.0 Å². The molecule has 0 aliphatic carbocycles. The molecule has 4 aromatic rings. The number of hydrogen-bond acceptors (Lipinski definition) is 7. The van der Waals surface area contributed by atoms with Crippen molar-refractivity contribution < 1.29 is 24.3 Å². The summed E-state index contributed by atoms with van der Waals surface area (Å²) in [4.78, 5) is 34.9. The van der Waals surface area contributed by atoms with E-state index in [0.717, 1.165) is 11.3 Å². The number of para-hydroxylation sites is 1. The van der Waals surface area contributed by atoms with E-state index in [1.807, 2.05) is 36.4 Å². The van der Waals surface area contributed by atoms with Crippen LogP contribution in [0.15, 0.2) is 85.2 Å². The molecule has 10 heteroatoms. The van der Waals surface area contributed by atoms with E-state index in [2.05, 4.69) is 25.7 Å². The number of aliphatic hydroxyl groups excluding tert-OH is 1. The van der Waals surface area contributed by atoms with Gasteiger partial charge in [-0.2, -0.15) is 5.10 Å². The number of aliphatic hydroxyl groups is 1. The number of aromatic nitrogens is 3. The monoisotopic (exact) mass is 501 g/mol. The number of benzene rings is 2. The van der Waals surface area contributed by atoms with E-state index in [9.17, 15) is 14.7 Å². The van der Waals surface area contributed by atoms with Gasteiger partial charge in [-0.3, -0.25) is 14.4 Å². The quantitative estimate of drug-likeness (QED) is 0.285. The lowest BCUT2D eigenvalue weighted by Gasteiger charge is -2.24. The molecule has 3 N–H and O–H groups in total. The summed E-state index contributed by atoms with van der Waals surface area (Å²) in [5.41, 5.74) is 4.67. The number of hydroxylamine groups is 1. The van der Waals surface area contributed by atoms with Gasteiger partial charge in [0.15, 0.2) is 11.9 Å². The van der Waals surface area contributed by atoms with E-state index < -0.39 is 24.0 Å². The number of nitrogens with zero attached hydrogens (tertiary/aromatic N) is 3. The molecule has 0 saturated carbocycles. The third-order valence-electron chi connectivity index (χ3n) is 5.71. The molecule has 190 valence electrons. The van der Waals surface area contributed by atoms with Crippen LogP contribution < -0.4 is 15.5 Å². The largest absolute Gasteiger partial charge is 0.496 e. The molecule has 0 radical (unpaired) electrons. The summed E-state index contributed by atoms with van der Waals surface area (Å²) >= 11 is 0. The van der Waals surface area contributed by atoms with Crippen LogP contribution >= 0.6 is 0 Å². The zero-order valence-electron chi connectivity index (χ0n) is 20.4. The van der Waals surface area contributed by atoms with Gasteiger partial charge in [-0.05, 0) is 36.2 Å². The first-order chi connectivity index (χ1) is 18.0. The molecule has 4 rings (SSSR count). The molecule has 0 spiro atoms. The van der Waals surface area contributed by atoms with Gasteiger partial charge in [0.2, 0.25) is 0 Å². The van der Waals surface area contributed by atoms with E-state index in [1.54, 1.807) is 48.8 Å². The average molecular weight is 502 g/mol. The molecule has 0 fully saturated rings. The molecular weight excluding hydrogens is 474 g/mol. The van der Waals surface area contributed by atoms with Crippen molar-refractivity contribution in [2.45, 2.75) is 18.6 Å². The summed E-state index contributed by atoms with van der Waals surface area (Å²) in [5, 5.41) is 18.1. The number of nitrogens with one attached hydrogen (secondary N) is 2. The van der Waals surface area contributed by atoms with Crippen molar-refractivity contribution in [2.75, 3.05) is 14.2 Å². The van der Waals surface area contributed by atoms with E-state index >= 15 is 0 Å². The van der Waals surface area contributed by atoms with Crippen LogP contribution in [0.2, 0.25) is 0 Å². The Labute approximate surface area is 213 Å². The number of hydrogen-bond donors (Lipinski definition) is 3. The Bertz CT molecular complexity index is 1360. The van der Waals surface area contributed by atoms with Gasteiger partial charge in [0.25, 0.3) is 11.8 Å². The highest BCUT2D eigenvalue weighted by molar-refractivity contribution is 5.97. The fraction of sp³-hybridized carbons (Fsp3) is 0.185. The van der Waals surface area contributed by atoms with Crippen molar-refractivity contribution in [3.63, 3.8) is 0 Å². The van der Waals surface area contributed by atoms with Crippen LogP contribution in [0.5, 0.6) is 5.75 Å². The van der Waals surface area contributed by atoms with Crippen molar-refractivity contribution in [2.24, 2.45) is 0 Å². The van der Waals surface area contributed by atoms with Crippen LogP contribution in [-0.4, -0.2) is 58.1 Å². The number of methoxy groups -OCH3 is 1. The van der Waals surface area contributed by atoms with Crippen LogP contribution in [0.1, 0.15) is 15.9 Å². The average Bonchev–Trinajstić information content (AvgIpc) is 3.43. The maximum atomic E-state index is 13.5. The third kappa shape index (κ3) is 6.00. The highest BCUT2D eigenvalue weighted by Crippen LogP contribution is 2.22. The first-order valence-electron chi connectivity index (χ1n) is 11.5. The minimum atomic E-state index is -1.61. The van der Waals surface area contributed by atoms with Crippen LogP contribution in [0.4, 0.5) is 0 Å². The predicted octanol–water partition coefficient (Wildman–Crippen LogP) is 2.32. The zero-order valence-corrected chi connectivity index (χ0v) is 20.4. The Morgan fingerprint density at radius 1 is 1.00 bits per heavy atom. The Morgan fingerprint density at radius 2 is 1.76 bits per heavy atom. The molecular formula is C27H27N5O5. The molecule has 2 aromatic carbocycles. The van der Waals surface area contributed by atoms with Crippen LogP contribution in [0.25, 0.3) is 17.1 Å². The SMILES string of the molecule is CONC(=O)C(O)C(Cc1ccccc1OC)NC(=O)c1cccnc1-n1ccc(-c2ccccc2)n1. The Morgan fingerprint density at radius 3 is 2.51 bits per heavy atom. The summed E-state index contributed by atoms with van der Waals surface area (Å²) in [6.45, 7) is 0. The first-order valence-corrected chi connectivity index (χ1v) is 11.5. The van der Waals surface area contributed by atoms with E-state index in [1.165, 1.54) is 18.9 Å².